The first-order valence-electron chi connectivity index (χ1n) is 8.25. The number of pyridine rings is 1. The molecule has 0 saturated heterocycles. The van der Waals surface area contributed by atoms with Gasteiger partial charge >= 0.3 is 13.9 Å². The van der Waals surface area contributed by atoms with Crippen LogP contribution in [0.25, 0.3) is 0 Å². The maximum atomic E-state index is 12.1. The highest BCUT2D eigenvalue weighted by molar-refractivity contribution is 7.46. The zero-order valence-electron chi connectivity index (χ0n) is 14.8. The highest BCUT2D eigenvalue weighted by Crippen LogP contribution is 2.45. The number of unbranched alkanes of at least 4 members (excludes halogenated alkanes) is 3. The van der Waals surface area contributed by atoms with Crippen molar-refractivity contribution in [1.82, 2.24) is 10.3 Å². The molecular formula is C16H27N2O6P. The normalized spacial score (nSPS) is 13.3. The molecule has 142 valence electrons. The van der Waals surface area contributed by atoms with E-state index >= 15 is 0 Å². The maximum Gasteiger partial charge on any atom is 0.470 e. The number of amides is 1. The number of hydrogen-bond acceptors (Lipinski definition) is 5. The third kappa shape index (κ3) is 8.45. The van der Waals surface area contributed by atoms with Gasteiger partial charge in [-0.25, -0.2) is 9.36 Å². The molecule has 1 aromatic heterocycles. The van der Waals surface area contributed by atoms with E-state index in [0.717, 1.165) is 25.7 Å². The quantitative estimate of drug-likeness (QED) is 0.425. The van der Waals surface area contributed by atoms with Gasteiger partial charge in [0.25, 0.3) is 0 Å². The number of phosphoric acid groups is 1. The van der Waals surface area contributed by atoms with Crippen LogP contribution in [-0.4, -0.2) is 33.1 Å². The molecule has 0 spiro atoms. The van der Waals surface area contributed by atoms with E-state index in [9.17, 15) is 9.36 Å². The molecule has 8 nitrogen and oxygen atoms in total. The fourth-order valence-corrected chi connectivity index (χ4v) is 3.14. The van der Waals surface area contributed by atoms with Gasteiger partial charge in [-0.15, -0.1) is 0 Å². The van der Waals surface area contributed by atoms with Crippen LogP contribution < -0.4 is 5.32 Å². The fraction of sp³-hybridized carbons (Fsp3) is 0.625. The summed E-state index contributed by atoms with van der Waals surface area (Å²) in [5.74, 6) is 0. The number of hydrogen-bond donors (Lipinski definition) is 3. The molecule has 0 aliphatic heterocycles. The molecule has 0 aromatic carbocycles. The first-order valence-corrected chi connectivity index (χ1v) is 9.78. The third-order valence-electron chi connectivity index (χ3n) is 3.56. The van der Waals surface area contributed by atoms with Crippen LogP contribution in [0.1, 0.15) is 58.1 Å². The van der Waals surface area contributed by atoms with Crippen molar-refractivity contribution in [3.8, 4) is 0 Å². The highest BCUT2D eigenvalue weighted by atomic mass is 31.2. The Labute approximate surface area is 148 Å². The van der Waals surface area contributed by atoms with Gasteiger partial charge in [0.1, 0.15) is 0 Å². The summed E-state index contributed by atoms with van der Waals surface area (Å²) in [5.41, 5.74) is -0.840. The SMILES string of the molecule is CCCCCCOC(=O)NC(c1cccnc1)C(C)(C)OP(=O)(O)O. The molecule has 1 rings (SSSR count). The lowest BCUT2D eigenvalue weighted by Gasteiger charge is -2.34. The summed E-state index contributed by atoms with van der Waals surface area (Å²) in [4.78, 5) is 34.3. The van der Waals surface area contributed by atoms with E-state index in [4.69, 9.17) is 19.0 Å². The first kappa shape index (κ1) is 21.6. The van der Waals surface area contributed by atoms with Gasteiger partial charge in [-0.3, -0.25) is 9.51 Å². The number of nitrogens with one attached hydrogen (secondary N) is 1. The summed E-state index contributed by atoms with van der Waals surface area (Å²) in [7, 11) is -4.75. The highest BCUT2D eigenvalue weighted by Gasteiger charge is 2.39. The Kier molecular flexibility index (Phi) is 8.52. The van der Waals surface area contributed by atoms with Gasteiger partial charge in [-0.2, -0.15) is 0 Å². The molecule has 0 saturated carbocycles. The van der Waals surface area contributed by atoms with Gasteiger partial charge < -0.3 is 19.8 Å². The molecule has 1 amide bonds. The predicted octanol–water partition coefficient (Wildman–Crippen LogP) is 3.32. The molecule has 0 aliphatic carbocycles. The molecule has 0 fully saturated rings. The molecule has 1 aromatic rings. The molecule has 0 radical (unpaired) electrons. The van der Waals surface area contributed by atoms with Crippen LogP contribution in [0.5, 0.6) is 0 Å². The number of ether oxygens (including phenoxy) is 1. The van der Waals surface area contributed by atoms with E-state index in [1.165, 1.54) is 20.0 Å². The van der Waals surface area contributed by atoms with Crippen LogP contribution in [0.4, 0.5) is 4.79 Å². The number of rotatable bonds is 10. The number of phosphoric ester groups is 1. The summed E-state index contributed by atoms with van der Waals surface area (Å²) in [6, 6.07) is 2.49. The second kappa shape index (κ2) is 9.87. The first-order chi connectivity index (χ1) is 11.7. The number of carbonyl (C=O) groups excluding carboxylic acids is 1. The number of carbonyl (C=O) groups is 1. The van der Waals surface area contributed by atoms with Crippen LogP contribution in [0.2, 0.25) is 0 Å². The van der Waals surface area contributed by atoms with E-state index in [0.29, 0.717) is 5.56 Å². The Hall–Kier alpha value is -1.47. The van der Waals surface area contributed by atoms with Crippen LogP contribution in [0, 0.1) is 0 Å². The van der Waals surface area contributed by atoms with Crippen molar-refractivity contribution in [2.75, 3.05) is 6.61 Å². The summed E-state index contributed by atoms with van der Waals surface area (Å²) in [6.07, 6.45) is 6.28. The Morgan fingerprint density at radius 2 is 2.08 bits per heavy atom. The van der Waals surface area contributed by atoms with Crippen LogP contribution in [0.3, 0.4) is 0 Å². The zero-order chi connectivity index (χ0) is 18.9. The average molecular weight is 374 g/mol. The minimum Gasteiger partial charge on any atom is -0.450 e. The summed E-state index contributed by atoms with van der Waals surface area (Å²) in [5, 5.41) is 2.62. The average Bonchev–Trinajstić information content (AvgIpc) is 2.51. The van der Waals surface area contributed by atoms with Gasteiger partial charge in [-0.1, -0.05) is 32.3 Å². The Bertz CT molecular complexity index is 575. The summed E-state index contributed by atoms with van der Waals surface area (Å²) in [6.45, 7) is 5.33. The van der Waals surface area contributed by atoms with Gasteiger partial charge in [0.2, 0.25) is 0 Å². The van der Waals surface area contributed by atoms with Crippen molar-refractivity contribution in [2.45, 2.75) is 58.1 Å². The second-order valence-electron chi connectivity index (χ2n) is 6.25. The minimum absolute atomic E-state index is 0.283. The number of nitrogens with zero attached hydrogens (tertiary/aromatic N) is 1. The smallest absolute Gasteiger partial charge is 0.450 e. The molecular weight excluding hydrogens is 347 g/mol. The predicted molar refractivity (Wildman–Crippen MR) is 92.8 cm³/mol. The van der Waals surface area contributed by atoms with Crippen molar-refractivity contribution in [3.05, 3.63) is 30.1 Å². The van der Waals surface area contributed by atoms with Crippen molar-refractivity contribution < 1.29 is 28.4 Å². The third-order valence-corrected chi connectivity index (χ3v) is 4.27. The lowest BCUT2D eigenvalue weighted by Crippen LogP contribution is -2.43. The molecule has 1 atom stereocenters. The van der Waals surface area contributed by atoms with Crippen LogP contribution in [-0.2, 0) is 13.8 Å². The number of aromatic nitrogens is 1. The van der Waals surface area contributed by atoms with Crippen LogP contribution in [0.15, 0.2) is 24.5 Å². The number of alkyl carbamates (subject to hydrolysis) is 1. The molecule has 0 aliphatic rings. The summed E-state index contributed by atoms with van der Waals surface area (Å²) < 4.78 is 21.3. The van der Waals surface area contributed by atoms with E-state index in [-0.39, 0.29) is 6.61 Å². The maximum absolute atomic E-state index is 12.1. The largest absolute Gasteiger partial charge is 0.470 e. The van der Waals surface area contributed by atoms with Crippen molar-refractivity contribution >= 4 is 13.9 Å². The molecule has 3 N–H and O–H groups in total. The van der Waals surface area contributed by atoms with Gasteiger partial charge in [0.15, 0.2) is 0 Å². The standard InChI is InChI=1S/C16H27N2O6P/c1-4-5-6-7-11-23-15(19)18-14(13-9-8-10-17-12-13)16(2,3)24-25(20,21)22/h8-10,12,14H,4-7,11H2,1-3H3,(H,18,19)(H2,20,21,22). The van der Waals surface area contributed by atoms with Gasteiger partial charge in [-0.05, 0) is 31.9 Å². The van der Waals surface area contributed by atoms with Crippen molar-refractivity contribution in [2.24, 2.45) is 0 Å². The topological polar surface area (TPSA) is 118 Å². The molecule has 1 heterocycles. The van der Waals surface area contributed by atoms with Crippen molar-refractivity contribution in [1.29, 1.82) is 0 Å². The Morgan fingerprint density at radius 1 is 1.36 bits per heavy atom. The van der Waals surface area contributed by atoms with E-state index in [1.807, 2.05) is 0 Å². The Morgan fingerprint density at radius 3 is 2.64 bits per heavy atom. The molecule has 25 heavy (non-hydrogen) atoms. The van der Waals surface area contributed by atoms with Gasteiger partial charge in [0, 0.05) is 12.4 Å². The Balaban J connectivity index is 2.79. The monoisotopic (exact) mass is 374 g/mol. The van der Waals surface area contributed by atoms with Gasteiger partial charge in [0.05, 0.1) is 18.2 Å². The molecule has 0 bridgehead atoms. The minimum atomic E-state index is -4.75. The lowest BCUT2D eigenvalue weighted by molar-refractivity contribution is 0.0281. The van der Waals surface area contributed by atoms with E-state index in [2.05, 4.69) is 17.2 Å². The van der Waals surface area contributed by atoms with E-state index < -0.39 is 25.6 Å². The second-order valence-corrected chi connectivity index (χ2v) is 7.41. The van der Waals surface area contributed by atoms with E-state index in [1.54, 1.807) is 18.3 Å². The fourth-order valence-electron chi connectivity index (χ4n) is 2.42. The lowest BCUT2D eigenvalue weighted by atomic mass is 9.93. The molecule has 9 heteroatoms. The van der Waals surface area contributed by atoms with Crippen LogP contribution >= 0.6 is 7.82 Å². The summed E-state index contributed by atoms with van der Waals surface area (Å²) >= 11 is 0. The zero-order valence-corrected chi connectivity index (χ0v) is 15.7. The van der Waals surface area contributed by atoms with Crippen molar-refractivity contribution in [3.63, 3.8) is 0 Å². The molecule has 1 unspecified atom stereocenters.